The van der Waals surface area contributed by atoms with Crippen molar-refractivity contribution in [1.29, 1.82) is 0 Å². The Balaban J connectivity index is 1.92. The average molecular weight is 371 g/mol. The number of hydrogen-bond acceptors (Lipinski definition) is 3. The Morgan fingerprint density at radius 1 is 1.00 bits per heavy atom. The number of carbonyl (C=O) groups excluding carboxylic acids is 3. The lowest BCUT2D eigenvalue weighted by atomic mass is 9.78. The van der Waals surface area contributed by atoms with Gasteiger partial charge in [-0.1, -0.05) is 30.3 Å². The van der Waals surface area contributed by atoms with Gasteiger partial charge in [0, 0.05) is 32.9 Å². The maximum atomic E-state index is 12.8. The highest BCUT2D eigenvalue weighted by Crippen LogP contribution is 2.38. The van der Waals surface area contributed by atoms with Gasteiger partial charge in [-0.3, -0.25) is 14.4 Å². The molecule has 0 spiro atoms. The molecule has 3 rings (SSSR count). The number of benzene rings is 1. The van der Waals surface area contributed by atoms with E-state index in [9.17, 15) is 14.4 Å². The fraction of sp³-hybridized carbons (Fsp3) is 0.571. The van der Waals surface area contributed by atoms with E-state index in [0.717, 1.165) is 32.2 Å². The van der Waals surface area contributed by atoms with Crippen LogP contribution in [0.4, 0.5) is 0 Å². The average Bonchev–Trinajstić information content (AvgIpc) is 2.89. The van der Waals surface area contributed by atoms with Gasteiger partial charge in [-0.15, -0.1) is 0 Å². The van der Waals surface area contributed by atoms with Crippen LogP contribution in [0.3, 0.4) is 0 Å². The van der Waals surface area contributed by atoms with E-state index in [-0.39, 0.29) is 42.3 Å². The molecule has 0 aliphatic carbocycles. The second-order valence-corrected chi connectivity index (χ2v) is 7.57. The largest absolute Gasteiger partial charge is 0.347 e. The molecule has 6 nitrogen and oxygen atoms in total. The summed E-state index contributed by atoms with van der Waals surface area (Å²) in [4.78, 5) is 40.3. The molecule has 2 saturated heterocycles. The van der Waals surface area contributed by atoms with E-state index in [1.165, 1.54) is 12.5 Å². The summed E-state index contributed by atoms with van der Waals surface area (Å²) >= 11 is 0. The second kappa shape index (κ2) is 8.55. The minimum Gasteiger partial charge on any atom is -0.347 e. The third-order valence-corrected chi connectivity index (χ3v) is 5.84. The van der Waals surface area contributed by atoms with Crippen LogP contribution in [0, 0.1) is 0 Å². The van der Waals surface area contributed by atoms with Crippen LogP contribution in [-0.4, -0.2) is 59.2 Å². The lowest BCUT2D eigenvalue weighted by Crippen LogP contribution is -2.61. The fourth-order valence-electron chi connectivity index (χ4n) is 4.65. The molecule has 0 radical (unpaired) electrons. The zero-order valence-corrected chi connectivity index (χ0v) is 16.2. The normalized spacial score (nSPS) is 25.3. The summed E-state index contributed by atoms with van der Waals surface area (Å²) in [6.45, 7) is 4.47. The van der Waals surface area contributed by atoms with Crippen LogP contribution in [0.2, 0.25) is 0 Å². The molecule has 2 heterocycles. The van der Waals surface area contributed by atoms with Gasteiger partial charge >= 0.3 is 0 Å². The molecule has 2 aliphatic heterocycles. The second-order valence-electron chi connectivity index (χ2n) is 7.57. The first-order valence-electron chi connectivity index (χ1n) is 9.85. The Morgan fingerprint density at radius 2 is 1.74 bits per heavy atom. The van der Waals surface area contributed by atoms with Gasteiger partial charge in [0.05, 0.1) is 18.6 Å². The predicted molar refractivity (Wildman–Crippen MR) is 103 cm³/mol. The Hall–Kier alpha value is -2.37. The summed E-state index contributed by atoms with van der Waals surface area (Å²) in [5.41, 5.74) is 1.23. The van der Waals surface area contributed by atoms with Crippen LogP contribution in [0.25, 0.3) is 0 Å². The Labute approximate surface area is 160 Å². The van der Waals surface area contributed by atoms with E-state index >= 15 is 0 Å². The molecule has 3 atom stereocenters. The number of piperidine rings is 1. The predicted octanol–water partition coefficient (Wildman–Crippen LogP) is 1.91. The van der Waals surface area contributed by atoms with Crippen LogP contribution in [0.5, 0.6) is 0 Å². The van der Waals surface area contributed by atoms with E-state index in [0.29, 0.717) is 6.54 Å². The third kappa shape index (κ3) is 4.31. The molecular weight excluding hydrogens is 342 g/mol. The third-order valence-electron chi connectivity index (χ3n) is 5.84. The first-order chi connectivity index (χ1) is 13.0. The SMILES string of the molecule is CC(=O)NCC(=O)N1CC[C@H](c2ccccc2)[C@@H]2[C@H]1CCCCN2C(C)=O. The maximum Gasteiger partial charge on any atom is 0.242 e. The van der Waals surface area contributed by atoms with Gasteiger partial charge in [0.1, 0.15) is 0 Å². The van der Waals surface area contributed by atoms with Crippen LogP contribution >= 0.6 is 0 Å². The van der Waals surface area contributed by atoms with E-state index in [2.05, 4.69) is 17.4 Å². The molecule has 27 heavy (non-hydrogen) atoms. The molecule has 1 N–H and O–H groups in total. The van der Waals surface area contributed by atoms with Gasteiger partial charge in [-0.25, -0.2) is 0 Å². The smallest absolute Gasteiger partial charge is 0.242 e. The molecule has 1 aromatic rings. The van der Waals surface area contributed by atoms with Crippen molar-refractivity contribution in [3.8, 4) is 0 Å². The maximum absolute atomic E-state index is 12.8. The van der Waals surface area contributed by atoms with Crippen molar-refractivity contribution in [1.82, 2.24) is 15.1 Å². The monoisotopic (exact) mass is 371 g/mol. The Bertz CT molecular complexity index is 691. The summed E-state index contributed by atoms with van der Waals surface area (Å²) in [6, 6.07) is 10.3. The zero-order valence-electron chi connectivity index (χ0n) is 16.2. The van der Waals surface area contributed by atoms with Gasteiger partial charge in [0.15, 0.2) is 0 Å². The van der Waals surface area contributed by atoms with Gasteiger partial charge in [0.25, 0.3) is 0 Å². The summed E-state index contributed by atoms with van der Waals surface area (Å²) in [6.07, 6.45) is 3.67. The molecule has 2 aliphatic rings. The van der Waals surface area contributed by atoms with Gasteiger partial charge < -0.3 is 15.1 Å². The van der Waals surface area contributed by atoms with Crippen molar-refractivity contribution in [2.45, 2.75) is 57.5 Å². The van der Waals surface area contributed by atoms with Crippen LogP contribution in [0.1, 0.15) is 51.0 Å². The summed E-state index contributed by atoms with van der Waals surface area (Å²) in [5, 5.41) is 2.62. The number of fused-ring (bicyclic) bond motifs is 1. The summed E-state index contributed by atoms with van der Waals surface area (Å²) in [5.74, 6) is 0.0365. The van der Waals surface area contributed by atoms with Crippen molar-refractivity contribution < 1.29 is 14.4 Å². The zero-order chi connectivity index (χ0) is 19.4. The number of carbonyl (C=O) groups is 3. The highest BCUT2D eigenvalue weighted by atomic mass is 16.2. The molecule has 0 unspecified atom stereocenters. The number of nitrogens with one attached hydrogen (secondary N) is 1. The van der Waals surface area contributed by atoms with Crippen molar-refractivity contribution >= 4 is 17.7 Å². The standard InChI is InChI=1S/C21H29N3O3/c1-15(25)22-14-20(27)24-13-11-18(17-8-4-3-5-9-17)21-19(24)10-6-7-12-23(21)16(2)26/h3-5,8-9,18-19,21H,6-7,10-14H2,1-2H3,(H,22,25)/t18-,19-,21-/m1/s1. The molecule has 1 aromatic carbocycles. The van der Waals surface area contributed by atoms with Crippen molar-refractivity contribution in [2.24, 2.45) is 0 Å². The molecule has 0 saturated carbocycles. The van der Waals surface area contributed by atoms with Gasteiger partial charge in [-0.2, -0.15) is 0 Å². The Kier molecular flexibility index (Phi) is 6.14. The van der Waals surface area contributed by atoms with Gasteiger partial charge in [0.2, 0.25) is 17.7 Å². The van der Waals surface area contributed by atoms with E-state index in [4.69, 9.17) is 0 Å². The molecular formula is C21H29N3O3. The lowest BCUT2D eigenvalue weighted by molar-refractivity contribution is -0.143. The Morgan fingerprint density at radius 3 is 2.41 bits per heavy atom. The molecule has 0 aromatic heterocycles. The number of rotatable bonds is 3. The molecule has 2 fully saturated rings. The summed E-state index contributed by atoms with van der Waals surface area (Å²) in [7, 11) is 0. The van der Waals surface area contributed by atoms with E-state index in [1.54, 1.807) is 6.92 Å². The van der Waals surface area contributed by atoms with Crippen molar-refractivity contribution in [3.05, 3.63) is 35.9 Å². The number of nitrogens with zero attached hydrogens (tertiary/aromatic N) is 2. The summed E-state index contributed by atoms with van der Waals surface area (Å²) < 4.78 is 0. The van der Waals surface area contributed by atoms with Crippen LogP contribution < -0.4 is 5.32 Å². The molecule has 6 heteroatoms. The van der Waals surface area contributed by atoms with Crippen LogP contribution in [-0.2, 0) is 14.4 Å². The first-order valence-corrected chi connectivity index (χ1v) is 9.85. The van der Waals surface area contributed by atoms with E-state index < -0.39 is 0 Å². The van der Waals surface area contributed by atoms with Gasteiger partial charge in [-0.05, 0) is 31.2 Å². The molecule has 0 bridgehead atoms. The highest BCUT2D eigenvalue weighted by Gasteiger charge is 2.45. The molecule has 3 amide bonds. The highest BCUT2D eigenvalue weighted by molar-refractivity contribution is 5.84. The van der Waals surface area contributed by atoms with Crippen LogP contribution in [0.15, 0.2) is 30.3 Å². The minimum absolute atomic E-state index is 0.00313. The minimum atomic E-state index is -0.203. The first kappa shape index (κ1) is 19.4. The van der Waals surface area contributed by atoms with E-state index in [1.807, 2.05) is 28.0 Å². The number of hydrogen-bond donors (Lipinski definition) is 1. The quantitative estimate of drug-likeness (QED) is 0.882. The lowest BCUT2D eigenvalue weighted by Gasteiger charge is -2.49. The van der Waals surface area contributed by atoms with Crippen molar-refractivity contribution in [2.75, 3.05) is 19.6 Å². The number of likely N-dealkylation sites (tertiary alicyclic amines) is 2. The fourth-order valence-corrected chi connectivity index (χ4v) is 4.65. The topological polar surface area (TPSA) is 69.7 Å². The van der Waals surface area contributed by atoms with Crippen molar-refractivity contribution in [3.63, 3.8) is 0 Å². The molecule has 146 valence electrons. The number of amides is 3.